The molecule has 3 rings (SSSR count). The zero-order valence-electron chi connectivity index (χ0n) is 11.0. The Morgan fingerprint density at radius 3 is 2.75 bits per heavy atom. The molecular formula is C14H13BrO5. The predicted octanol–water partition coefficient (Wildman–Crippen LogP) is 3.09. The van der Waals surface area contributed by atoms with Crippen molar-refractivity contribution in [1.29, 1.82) is 0 Å². The Bertz CT molecular complexity index is 734. The van der Waals surface area contributed by atoms with Gasteiger partial charge in [0.15, 0.2) is 5.79 Å². The molecular weight excluding hydrogens is 328 g/mol. The third kappa shape index (κ3) is 2.34. The van der Waals surface area contributed by atoms with Crippen LogP contribution in [0.2, 0.25) is 0 Å². The van der Waals surface area contributed by atoms with E-state index in [0.717, 1.165) is 0 Å². The number of phenols is 1. The monoisotopic (exact) mass is 340 g/mol. The van der Waals surface area contributed by atoms with Crippen molar-refractivity contribution in [2.24, 2.45) is 0 Å². The molecule has 1 fully saturated rings. The van der Waals surface area contributed by atoms with Crippen LogP contribution in [0, 0.1) is 0 Å². The van der Waals surface area contributed by atoms with E-state index in [0.29, 0.717) is 27.6 Å². The Morgan fingerprint density at radius 2 is 2.10 bits per heavy atom. The molecule has 1 unspecified atom stereocenters. The molecule has 5 nitrogen and oxygen atoms in total. The van der Waals surface area contributed by atoms with Crippen LogP contribution in [-0.2, 0) is 9.47 Å². The Hall–Kier alpha value is -1.37. The summed E-state index contributed by atoms with van der Waals surface area (Å²) in [7, 11) is 0. The number of rotatable bonds is 1. The molecule has 0 bridgehead atoms. The first-order valence-corrected chi connectivity index (χ1v) is 6.93. The van der Waals surface area contributed by atoms with Gasteiger partial charge in [-0.2, -0.15) is 0 Å². The van der Waals surface area contributed by atoms with Gasteiger partial charge in [-0.25, -0.2) is 4.79 Å². The predicted molar refractivity (Wildman–Crippen MR) is 75.7 cm³/mol. The van der Waals surface area contributed by atoms with Crippen LogP contribution in [0.15, 0.2) is 31.9 Å². The minimum absolute atomic E-state index is 0.0155. The van der Waals surface area contributed by atoms with Crippen molar-refractivity contribution in [3.63, 3.8) is 0 Å². The maximum atomic E-state index is 11.7. The van der Waals surface area contributed by atoms with Crippen LogP contribution in [0.25, 0.3) is 11.0 Å². The van der Waals surface area contributed by atoms with Crippen LogP contribution >= 0.6 is 15.9 Å². The van der Waals surface area contributed by atoms with Crippen molar-refractivity contribution in [3.05, 3.63) is 38.7 Å². The maximum absolute atomic E-state index is 11.7. The third-order valence-corrected chi connectivity index (χ3v) is 3.83. The molecule has 1 atom stereocenters. The summed E-state index contributed by atoms with van der Waals surface area (Å²) in [5.41, 5.74) is 0.534. The minimum atomic E-state index is -0.679. The van der Waals surface area contributed by atoms with E-state index in [9.17, 15) is 9.90 Å². The largest absolute Gasteiger partial charge is 0.507 e. The van der Waals surface area contributed by atoms with Gasteiger partial charge in [-0.15, -0.1) is 0 Å². The van der Waals surface area contributed by atoms with E-state index in [1.165, 1.54) is 12.1 Å². The van der Waals surface area contributed by atoms with Gasteiger partial charge < -0.3 is 19.0 Å². The van der Waals surface area contributed by atoms with Gasteiger partial charge in [0.05, 0.1) is 11.1 Å². The highest BCUT2D eigenvalue weighted by molar-refractivity contribution is 9.10. The molecule has 106 valence electrons. The molecule has 1 N–H and O–H groups in total. The van der Waals surface area contributed by atoms with Crippen LogP contribution in [0.1, 0.15) is 25.5 Å². The summed E-state index contributed by atoms with van der Waals surface area (Å²) in [4.78, 5) is 11.7. The lowest BCUT2D eigenvalue weighted by Crippen LogP contribution is -2.19. The van der Waals surface area contributed by atoms with E-state index in [4.69, 9.17) is 13.9 Å². The van der Waals surface area contributed by atoms with Gasteiger partial charge in [0.25, 0.3) is 0 Å². The van der Waals surface area contributed by atoms with Gasteiger partial charge in [-0.3, -0.25) is 0 Å². The molecule has 2 aromatic rings. The molecule has 2 heterocycles. The van der Waals surface area contributed by atoms with E-state index < -0.39 is 11.4 Å². The fraction of sp³-hybridized carbons (Fsp3) is 0.357. The Kier molecular flexibility index (Phi) is 3.12. The average molecular weight is 341 g/mol. The molecule has 1 aromatic heterocycles. The molecule has 20 heavy (non-hydrogen) atoms. The second-order valence-electron chi connectivity index (χ2n) is 5.14. The van der Waals surface area contributed by atoms with Crippen molar-refractivity contribution >= 4 is 26.9 Å². The highest BCUT2D eigenvalue weighted by Crippen LogP contribution is 2.37. The van der Waals surface area contributed by atoms with Gasteiger partial charge in [-0.1, -0.05) is 0 Å². The average Bonchev–Trinajstić information content (AvgIpc) is 2.71. The second-order valence-corrected chi connectivity index (χ2v) is 5.99. The molecule has 1 aromatic carbocycles. The van der Waals surface area contributed by atoms with Gasteiger partial charge >= 0.3 is 5.63 Å². The zero-order chi connectivity index (χ0) is 14.5. The van der Waals surface area contributed by atoms with Crippen LogP contribution in [-0.4, -0.2) is 17.5 Å². The smallest absolute Gasteiger partial charge is 0.336 e. The van der Waals surface area contributed by atoms with Crippen molar-refractivity contribution in [3.8, 4) is 5.75 Å². The molecule has 0 radical (unpaired) electrons. The van der Waals surface area contributed by atoms with Gasteiger partial charge in [0.1, 0.15) is 17.4 Å². The van der Waals surface area contributed by atoms with Crippen molar-refractivity contribution in [2.45, 2.75) is 25.7 Å². The summed E-state index contributed by atoms with van der Waals surface area (Å²) in [5, 5.41) is 10.4. The summed E-state index contributed by atoms with van der Waals surface area (Å²) < 4.78 is 17.0. The van der Waals surface area contributed by atoms with Crippen molar-refractivity contribution in [2.75, 3.05) is 6.61 Å². The third-order valence-electron chi connectivity index (χ3n) is 3.20. The first-order chi connectivity index (χ1) is 9.35. The van der Waals surface area contributed by atoms with E-state index in [2.05, 4.69) is 15.9 Å². The van der Waals surface area contributed by atoms with E-state index >= 15 is 0 Å². The minimum Gasteiger partial charge on any atom is -0.507 e. The molecule has 1 aliphatic rings. The highest BCUT2D eigenvalue weighted by Gasteiger charge is 2.34. The number of benzene rings is 1. The second kappa shape index (κ2) is 4.58. The topological polar surface area (TPSA) is 68.9 Å². The van der Waals surface area contributed by atoms with Gasteiger partial charge in [0.2, 0.25) is 0 Å². The summed E-state index contributed by atoms with van der Waals surface area (Å²) in [6.45, 7) is 4.01. The SMILES string of the molecule is CC1(C)OCC(c2cc(=O)oc3cc(O)c(Br)cc23)O1. The lowest BCUT2D eigenvalue weighted by molar-refractivity contribution is -0.138. The molecule has 0 saturated carbocycles. The number of fused-ring (bicyclic) bond motifs is 1. The summed E-state index contributed by atoms with van der Waals surface area (Å²) >= 11 is 3.26. The fourth-order valence-electron chi connectivity index (χ4n) is 2.30. The van der Waals surface area contributed by atoms with E-state index in [1.807, 2.05) is 13.8 Å². The van der Waals surface area contributed by atoms with Gasteiger partial charge in [-0.05, 0) is 35.8 Å². The van der Waals surface area contributed by atoms with Crippen molar-refractivity contribution < 1.29 is 19.0 Å². The molecule has 6 heteroatoms. The number of hydrogen-bond donors (Lipinski definition) is 1. The molecule has 0 aliphatic carbocycles. The Labute approximate surface area is 123 Å². The molecule has 0 amide bonds. The van der Waals surface area contributed by atoms with Crippen LogP contribution in [0.5, 0.6) is 5.75 Å². The lowest BCUT2D eigenvalue weighted by atomic mass is 10.1. The van der Waals surface area contributed by atoms with E-state index in [-0.39, 0.29) is 11.9 Å². The van der Waals surface area contributed by atoms with Crippen molar-refractivity contribution in [1.82, 2.24) is 0 Å². The molecule has 1 aliphatic heterocycles. The first-order valence-electron chi connectivity index (χ1n) is 6.14. The number of phenolic OH excluding ortho intramolecular Hbond substituents is 1. The fourth-order valence-corrected chi connectivity index (χ4v) is 2.65. The van der Waals surface area contributed by atoms with Crippen LogP contribution < -0.4 is 5.63 Å². The highest BCUT2D eigenvalue weighted by atomic mass is 79.9. The van der Waals surface area contributed by atoms with Crippen LogP contribution in [0.4, 0.5) is 0 Å². The lowest BCUT2D eigenvalue weighted by Gasteiger charge is -2.17. The standard InChI is InChI=1S/C14H13BrO5/c1-14(2)18-6-12(20-14)8-4-13(17)19-11-5-10(16)9(15)3-7(8)11/h3-5,12,16H,6H2,1-2H3. The zero-order valence-corrected chi connectivity index (χ0v) is 12.6. The maximum Gasteiger partial charge on any atom is 0.336 e. The number of hydrogen-bond acceptors (Lipinski definition) is 5. The van der Waals surface area contributed by atoms with Gasteiger partial charge in [0, 0.05) is 23.1 Å². The van der Waals surface area contributed by atoms with E-state index in [1.54, 1.807) is 6.07 Å². The first kappa shape index (κ1) is 13.6. The Morgan fingerprint density at radius 1 is 1.35 bits per heavy atom. The normalized spacial score (nSPS) is 21.4. The summed E-state index contributed by atoms with van der Waals surface area (Å²) in [6.07, 6.45) is -0.340. The molecule has 1 saturated heterocycles. The number of aromatic hydroxyl groups is 1. The molecule has 0 spiro atoms. The summed E-state index contributed by atoms with van der Waals surface area (Å²) in [6, 6.07) is 4.52. The summed E-state index contributed by atoms with van der Waals surface area (Å²) in [5.74, 6) is -0.664. The quantitative estimate of drug-likeness (QED) is 0.808. The number of ether oxygens (including phenoxy) is 2. The van der Waals surface area contributed by atoms with Crippen LogP contribution in [0.3, 0.4) is 0 Å². The Balaban J connectivity index is 2.20. The number of halogens is 1.